The fraction of sp³-hybridized carbons (Fsp3) is 0.444. The van der Waals surface area contributed by atoms with E-state index in [1.807, 2.05) is 26.0 Å². The summed E-state index contributed by atoms with van der Waals surface area (Å²) in [6.45, 7) is 13.1. The van der Waals surface area contributed by atoms with Crippen molar-refractivity contribution < 1.29 is 4.79 Å². The molecular formula is C18H27NO. The molecular weight excluding hydrogens is 246 g/mol. The second kappa shape index (κ2) is 11.2. The van der Waals surface area contributed by atoms with Crippen molar-refractivity contribution in [1.29, 1.82) is 0 Å². The summed E-state index contributed by atoms with van der Waals surface area (Å²) in [4.78, 5) is 15.8. The number of aliphatic imine (C=N–C) groups is 1. The number of rotatable bonds is 10. The molecule has 0 amide bonds. The van der Waals surface area contributed by atoms with Crippen molar-refractivity contribution >= 4 is 12.0 Å². The van der Waals surface area contributed by atoms with Gasteiger partial charge in [0.05, 0.1) is 0 Å². The van der Waals surface area contributed by atoms with Crippen LogP contribution in [0.1, 0.15) is 52.9 Å². The molecule has 0 aromatic rings. The lowest BCUT2D eigenvalue weighted by molar-refractivity contribution is -0.113. The quantitative estimate of drug-likeness (QED) is 0.177. The summed E-state index contributed by atoms with van der Waals surface area (Å²) in [5.74, 6) is -0.0134. The minimum atomic E-state index is -0.0134. The maximum atomic E-state index is 11.6. The van der Waals surface area contributed by atoms with Crippen LogP contribution in [0.2, 0.25) is 0 Å². The van der Waals surface area contributed by atoms with Crippen LogP contribution >= 0.6 is 0 Å². The third kappa shape index (κ3) is 7.03. The van der Waals surface area contributed by atoms with Crippen molar-refractivity contribution in [3.05, 3.63) is 48.2 Å². The molecule has 2 heteroatoms. The number of hydrogen-bond acceptors (Lipinski definition) is 2. The van der Waals surface area contributed by atoms with Gasteiger partial charge in [-0.1, -0.05) is 31.7 Å². The zero-order valence-corrected chi connectivity index (χ0v) is 13.1. The first-order chi connectivity index (χ1) is 9.58. The van der Waals surface area contributed by atoms with Gasteiger partial charge in [-0.2, -0.15) is 0 Å². The Morgan fingerprint density at radius 3 is 2.40 bits per heavy atom. The SMILES string of the molecule is C=CCCCC/C=C/C(=C)/C(CC)=C(\N=CC)C(C)=O. The third-order valence-electron chi connectivity index (χ3n) is 2.97. The molecule has 0 rings (SSSR count). The van der Waals surface area contributed by atoms with Gasteiger partial charge in [0.15, 0.2) is 5.78 Å². The molecule has 0 spiro atoms. The average molecular weight is 273 g/mol. The van der Waals surface area contributed by atoms with Crippen molar-refractivity contribution in [3.63, 3.8) is 0 Å². The van der Waals surface area contributed by atoms with Gasteiger partial charge in [0.2, 0.25) is 0 Å². The van der Waals surface area contributed by atoms with Gasteiger partial charge in [0, 0.05) is 13.1 Å². The van der Waals surface area contributed by atoms with Crippen LogP contribution in [0.25, 0.3) is 0 Å². The predicted octanol–water partition coefficient (Wildman–Crippen LogP) is 5.19. The maximum absolute atomic E-state index is 11.6. The van der Waals surface area contributed by atoms with Gasteiger partial charge in [0.25, 0.3) is 0 Å². The molecule has 0 aliphatic rings. The largest absolute Gasteiger partial charge is 0.293 e. The fourth-order valence-corrected chi connectivity index (χ4v) is 1.93. The van der Waals surface area contributed by atoms with Gasteiger partial charge in [-0.15, -0.1) is 6.58 Å². The molecule has 0 saturated heterocycles. The first-order valence-electron chi connectivity index (χ1n) is 7.27. The van der Waals surface area contributed by atoms with Crippen molar-refractivity contribution in [2.24, 2.45) is 4.99 Å². The second-order valence-corrected chi connectivity index (χ2v) is 4.62. The molecule has 0 unspecified atom stereocenters. The Bertz CT molecular complexity index is 425. The van der Waals surface area contributed by atoms with Crippen LogP contribution in [0.5, 0.6) is 0 Å². The Morgan fingerprint density at radius 2 is 1.90 bits per heavy atom. The van der Waals surface area contributed by atoms with Crippen LogP contribution in [0.3, 0.4) is 0 Å². The molecule has 0 fully saturated rings. The fourth-order valence-electron chi connectivity index (χ4n) is 1.93. The van der Waals surface area contributed by atoms with E-state index < -0.39 is 0 Å². The van der Waals surface area contributed by atoms with E-state index in [1.54, 1.807) is 13.1 Å². The number of hydrogen-bond donors (Lipinski definition) is 0. The maximum Gasteiger partial charge on any atom is 0.178 e. The number of ketones is 1. The normalized spacial score (nSPS) is 12.8. The van der Waals surface area contributed by atoms with E-state index in [1.165, 1.54) is 0 Å². The lowest BCUT2D eigenvalue weighted by atomic mass is 10.00. The molecule has 110 valence electrons. The minimum Gasteiger partial charge on any atom is -0.293 e. The Labute approximate surface area is 123 Å². The molecule has 0 heterocycles. The van der Waals surface area contributed by atoms with Crippen molar-refractivity contribution in [1.82, 2.24) is 0 Å². The summed E-state index contributed by atoms with van der Waals surface area (Å²) in [5, 5.41) is 0. The molecule has 0 radical (unpaired) electrons. The first kappa shape index (κ1) is 18.3. The summed E-state index contributed by atoms with van der Waals surface area (Å²) in [5.41, 5.74) is 2.33. The third-order valence-corrected chi connectivity index (χ3v) is 2.97. The first-order valence-corrected chi connectivity index (χ1v) is 7.27. The zero-order chi connectivity index (χ0) is 15.4. The van der Waals surface area contributed by atoms with E-state index in [-0.39, 0.29) is 5.78 Å². The molecule has 0 atom stereocenters. The number of carbonyl (C=O) groups excluding carboxylic acids is 1. The van der Waals surface area contributed by atoms with Crippen molar-refractivity contribution in [2.75, 3.05) is 0 Å². The minimum absolute atomic E-state index is 0.0134. The van der Waals surface area contributed by atoms with E-state index >= 15 is 0 Å². The number of Topliss-reactive ketones (excluding diaryl/α,β-unsaturated/α-hetero) is 1. The van der Waals surface area contributed by atoms with Crippen LogP contribution in [0.15, 0.2) is 53.2 Å². The number of nitrogens with zero attached hydrogens (tertiary/aromatic N) is 1. The van der Waals surface area contributed by atoms with Gasteiger partial charge >= 0.3 is 0 Å². The lowest BCUT2D eigenvalue weighted by Gasteiger charge is -2.08. The van der Waals surface area contributed by atoms with E-state index in [2.05, 4.69) is 24.2 Å². The van der Waals surface area contributed by atoms with Gasteiger partial charge < -0.3 is 0 Å². The van der Waals surface area contributed by atoms with Crippen molar-refractivity contribution in [3.8, 4) is 0 Å². The molecule has 20 heavy (non-hydrogen) atoms. The molecule has 0 aliphatic heterocycles. The van der Waals surface area contributed by atoms with Crippen molar-refractivity contribution in [2.45, 2.75) is 52.9 Å². The van der Waals surface area contributed by atoms with E-state index in [4.69, 9.17) is 0 Å². The van der Waals surface area contributed by atoms with E-state index in [9.17, 15) is 4.79 Å². The van der Waals surface area contributed by atoms with Crippen LogP contribution < -0.4 is 0 Å². The van der Waals surface area contributed by atoms with Crippen LogP contribution in [-0.2, 0) is 4.79 Å². The highest BCUT2D eigenvalue weighted by Gasteiger charge is 2.10. The number of allylic oxidation sites excluding steroid dienone is 6. The Hall–Kier alpha value is -1.70. The molecule has 0 N–H and O–H groups in total. The van der Waals surface area contributed by atoms with Gasteiger partial charge in [-0.25, -0.2) is 0 Å². The summed E-state index contributed by atoms with van der Waals surface area (Å²) >= 11 is 0. The molecule has 0 aliphatic carbocycles. The number of unbranched alkanes of at least 4 members (excludes halogenated alkanes) is 3. The molecule has 0 aromatic heterocycles. The summed E-state index contributed by atoms with van der Waals surface area (Å²) in [6.07, 6.45) is 12.9. The van der Waals surface area contributed by atoms with E-state index in [0.717, 1.165) is 43.3 Å². The monoisotopic (exact) mass is 273 g/mol. The van der Waals surface area contributed by atoms with Gasteiger partial charge in [-0.05, 0) is 50.2 Å². The number of carbonyl (C=O) groups is 1. The lowest BCUT2D eigenvalue weighted by Crippen LogP contribution is -2.00. The van der Waals surface area contributed by atoms with Crippen LogP contribution in [0.4, 0.5) is 0 Å². The Balaban J connectivity index is 4.76. The second-order valence-electron chi connectivity index (χ2n) is 4.62. The van der Waals surface area contributed by atoms with Gasteiger partial charge in [0.1, 0.15) is 5.70 Å². The highest BCUT2D eigenvalue weighted by Crippen LogP contribution is 2.20. The summed E-state index contributed by atoms with van der Waals surface area (Å²) in [7, 11) is 0. The zero-order valence-electron chi connectivity index (χ0n) is 13.1. The Kier molecular flexibility index (Phi) is 10.2. The smallest absolute Gasteiger partial charge is 0.178 e. The predicted molar refractivity (Wildman–Crippen MR) is 89.1 cm³/mol. The summed E-state index contributed by atoms with van der Waals surface area (Å²) < 4.78 is 0. The summed E-state index contributed by atoms with van der Waals surface area (Å²) in [6, 6.07) is 0. The van der Waals surface area contributed by atoms with E-state index in [0.29, 0.717) is 5.70 Å². The molecule has 0 bridgehead atoms. The highest BCUT2D eigenvalue weighted by atomic mass is 16.1. The standard InChI is InChI=1S/C18H27NO/c1-6-9-10-11-12-13-14-15(4)17(7-2)18(16(5)20)19-8-3/h6,8,13-14H,1,4,7,9-12H2,2-3,5H3/b14-13+,18-17-,19-8?. The van der Waals surface area contributed by atoms with Crippen LogP contribution in [-0.4, -0.2) is 12.0 Å². The van der Waals surface area contributed by atoms with Crippen LogP contribution in [0, 0.1) is 0 Å². The highest BCUT2D eigenvalue weighted by molar-refractivity contribution is 5.95. The topological polar surface area (TPSA) is 29.4 Å². The molecule has 2 nitrogen and oxygen atoms in total. The average Bonchev–Trinajstić information content (AvgIpc) is 2.42. The Morgan fingerprint density at radius 1 is 1.25 bits per heavy atom. The molecule has 0 saturated carbocycles. The molecule has 0 aromatic carbocycles. The van der Waals surface area contributed by atoms with Gasteiger partial charge in [-0.3, -0.25) is 9.79 Å².